The van der Waals surface area contributed by atoms with Crippen molar-refractivity contribution in [3.05, 3.63) is 59.8 Å². The summed E-state index contributed by atoms with van der Waals surface area (Å²) < 4.78 is 5.68. The van der Waals surface area contributed by atoms with Crippen LogP contribution in [0.4, 0.5) is 17.3 Å². The Morgan fingerprint density at radius 1 is 1.05 bits per heavy atom. The lowest BCUT2D eigenvalue weighted by Crippen LogP contribution is -2.40. The van der Waals surface area contributed by atoms with Gasteiger partial charge in [0, 0.05) is 60.3 Å². The summed E-state index contributed by atoms with van der Waals surface area (Å²) in [6.07, 6.45) is 4.47. The Balaban J connectivity index is 1.47. The monoisotopic (exact) mass is 557 g/mol. The Morgan fingerprint density at radius 2 is 1.88 bits per heavy atom. The van der Waals surface area contributed by atoms with E-state index in [1.165, 1.54) is 5.56 Å². The van der Waals surface area contributed by atoms with Crippen LogP contribution in [0.1, 0.15) is 44.2 Å². The second-order valence-corrected chi connectivity index (χ2v) is 11.6. The van der Waals surface area contributed by atoms with E-state index in [0.717, 1.165) is 85.9 Å². The number of benzene rings is 2. The minimum atomic E-state index is 0.0874. The van der Waals surface area contributed by atoms with E-state index in [1.807, 2.05) is 18.2 Å². The summed E-state index contributed by atoms with van der Waals surface area (Å²) in [6, 6.07) is 14.9. The molecule has 3 aromatic rings. The van der Waals surface area contributed by atoms with Crippen molar-refractivity contribution in [2.45, 2.75) is 52.2 Å². The van der Waals surface area contributed by atoms with E-state index >= 15 is 0 Å². The second kappa shape index (κ2) is 13.3. The molecule has 0 atom stereocenters. The van der Waals surface area contributed by atoms with Crippen molar-refractivity contribution in [3.8, 4) is 17.0 Å². The summed E-state index contributed by atoms with van der Waals surface area (Å²) >= 11 is 0. The molecule has 6 rings (SSSR count). The highest BCUT2D eigenvalue weighted by molar-refractivity contribution is 5.78. The van der Waals surface area contributed by atoms with Gasteiger partial charge >= 0.3 is 0 Å². The van der Waals surface area contributed by atoms with Crippen molar-refractivity contribution in [1.82, 2.24) is 25.1 Å². The van der Waals surface area contributed by atoms with Crippen molar-refractivity contribution >= 4 is 23.2 Å². The van der Waals surface area contributed by atoms with Crippen molar-refractivity contribution < 1.29 is 9.53 Å². The standard InChI is InChI=1S/C32H43N7O2/c1-22(2)35-27-16-23-17-28(19-27)36-32-34-12-8-29(37-32)25-6-7-30(41-4)26(18-25)21-38(3)13-5-11-33-31(40)24-9-14-39(20-23)15-10-24/h6-8,12,16-19,22,24,35H,5,9-11,13-15,20-21H2,1-4H3,(H,33,40)(H,34,36,37). The number of piperidine rings is 1. The van der Waals surface area contributed by atoms with Crippen LogP contribution in [-0.2, 0) is 17.9 Å². The second-order valence-electron chi connectivity index (χ2n) is 11.6. The predicted molar refractivity (Wildman–Crippen MR) is 164 cm³/mol. The highest BCUT2D eigenvalue weighted by Gasteiger charge is 2.25. The fourth-order valence-electron chi connectivity index (χ4n) is 5.73. The molecule has 0 unspecified atom stereocenters. The summed E-state index contributed by atoms with van der Waals surface area (Å²) in [5.41, 5.74) is 6.16. The molecule has 9 heteroatoms. The lowest BCUT2D eigenvalue weighted by Gasteiger charge is -2.31. The first-order chi connectivity index (χ1) is 19.9. The summed E-state index contributed by atoms with van der Waals surface area (Å²) in [6.45, 7) is 9.24. The Bertz CT molecular complexity index is 1340. The lowest BCUT2D eigenvalue weighted by molar-refractivity contribution is -0.126. The van der Waals surface area contributed by atoms with Crippen LogP contribution < -0.4 is 20.7 Å². The third-order valence-electron chi connectivity index (χ3n) is 7.76. The molecule has 3 aliphatic heterocycles. The van der Waals surface area contributed by atoms with E-state index in [0.29, 0.717) is 18.5 Å². The van der Waals surface area contributed by atoms with Crippen LogP contribution in [-0.4, -0.2) is 72.1 Å². The molecule has 41 heavy (non-hydrogen) atoms. The Kier molecular flexibility index (Phi) is 9.36. The summed E-state index contributed by atoms with van der Waals surface area (Å²) in [7, 11) is 3.81. The van der Waals surface area contributed by atoms with Crippen LogP contribution >= 0.6 is 0 Å². The molecule has 9 nitrogen and oxygen atoms in total. The first-order valence-electron chi connectivity index (χ1n) is 14.7. The number of aromatic nitrogens is 2. The van der Waals surface area contributed by atoms with Gasteiger partial charge in [-0.25, -0.2) is 9.97 Å². The zero-order valence-corrected chi connectivity index (χ0v) is 24.7. The minimum absolute atomic E-state index is 0.0874. The molecule has 1 aromatic heterocycles. The van der Waals surface area contributed by atoms with E-state index in [2.05, 4.69) is 75.9 Å². The lowest BCUT2D eigenvalue weighted by atomic mass is 9.95. The van der Waals surface area contributed by atoms with Crippen LogP contribution in [0.3, 0.4) is 0 Å². The molecular formula is C32H43N7O2. The van der Waals surface area contributed by atoms with Crippen LogP contribution in [0.5, 0.6) is 5.75 Å². The molecule has 3 N–H and O–H groups in total. The Hall–Kier alpha value is -3.69. The third kappa shape index (κ3) is 7.74. The van der Waals surface area contributed by atoms with Gasteiger partial charge in [0.1, 0.15) is 5.75 Å². The highest BCUT2D eigenvalue weighted by Crippen LogP contribution is 2.29. The van der Waals surface area contributed by atoms with Crippen LogP contribution in [0.15, 0.2) is 48.7 Å². The van der Waals surface area contributed by atoms with Crippen molar-refractivity contribution in [1.29, 1.82) is 0 Å². The van der Waals surface area contributed by atoms with Gasteiger partial charge < -0.3 is 25.6 Å². The number of amides is 1. The number of rotatable bonds is 3. The van der Waals surface area contributed by atoms with E-state index < -0.39 is 0 Å². The molecule has 2 aromatic carbocycles. The van der Waals surface area contributed by atoms with Gasteiger partial charge in [-0.3, -0.25) is 9.69 Å². The number of nitrogens with one attached hydrogen (secondary N) is 3. The average molecular weight is 558 g/mol. The van der Waals surface area contributed by atoms with E-state index in [4.69, 9.17) is 9.72 Å². The van der Waals surface area contributed by atoms with Gasteiger partial charge in [0.2, 0.25) is 11.9 Å². The third-order valence-corrected chi connectivity index (χ3v) is 7.76. The van der Waals surface area contributed by atoms with E-state index in [-0.39, 0.29) is 11.8 Å². The Morgan fingerprint density at radius 3 is 2.66 bits per heavy atom. The molecule has 0 spiro atoms. The maximum Gasteiger partial charge on any atom is 0.227 e. The fraction of sp³-hybridized carbons (Fsp3) is 0.469. The SMILES string of the molecule is COc1ccc2cc1CN(C)CCCNC(=O)C1CCN(CC1)Cc1cc(cc(NC(C)C)c1)Nc1nccc-2n1. The molecule has 1 amide bonds. The Labute approximate surface area is 243 Å². The van der Waals surface area contributed by atoms with Gasteiger partial charge in [-0.05, 0) is 108 Å². The number of methoxy groups -OCH3 is 1. The number of nitrogens with zero attached hydrogens (tertiary/aromatic N) is 4. The summed E-state index contributed by atoms with van der Waals surface area (Å²) in [5, 5.41) is 10.2. The number of anilines is 3. The quantitative estimate of drug-likeness (QED) is 0.420. The molecule has 0 aliphatic carbocycles. The number of hydrogen-bond donors (Lipinski definition) is 3. The molecule has 8 bridgehead atoms. The first-order valence-corrected chi connectivity index (χ1v) is 14.7. The molecule has 4 heterocycles. The zero-order valence-electron chi connectivity index (χ0n) is 24.7. The van der Waals surface area contributed by atoms with Crippen molar-refractivity contribution in [2.24, 2.45) is 5.92 Å². The zero-order chi connectivity index (χ0) is 28.8. The maximum absolute atomic E-state index is 12.9. The van der Waals surface area contributed by atoms with Gasteiger partial charge in [-0.1, -0.05) is 0 Å². The van der Waals surface area contributed by atoms with Gasteiger partial charge in [0.05, 0.1) is 12.8 Å². The molecular weight excluding hydrogens is 514 g/mol. The van der Waals surface area contributed by atoms with E-state index in [1.54, 1.807) is 13.3 Å². The number of ether oxygens (including phenoxy) is 1. The minimum Gasteiger partial charge on any atom is -0.496 e. The fourth-order valence-corrected chi connectivity index (χ4v) is 5.73. The maximum atomic E-state index is 12.9. The van der Waals surface area contributed by atoms with Gasteiger partial charge in [0.15, 0.2) is 0 Å². The van der Waals surface area contributed by atoms with Gasteiger partial charge in [-0.2, -0.15) is 0 Å². The normalized spacial score (nSPS) is 20.4. The first kappa shape index (κ1) is 28.8. The van der Waals surface area contributed by atoms with Crippen LogP contribution in [0.2, 0.25) is 0 Å². The van der Waals surface area contributed by atoms with Crippen molar-refractivity contribution in [2.75, 3.05) is 51.0 Å². The largest absolute Gasteiger partial charge is 0.496 e. The molecule has 0 radical (unpaired) electrons. The number of fused-ring (bicyclic) bond motifs is 8. The van der Waals surface area contributed by atoms with Gasteiger partial charge in [-0.15, -0.1) is 0 Å². The molecule has 3 aliphatic rings. The molecule has 1 saturated heterocycles. The molecule has 1 fully saturated rings. The number of carbonyl (C=O) groups is 1. The number of hydrogen-bond acceptors (Lipinski definition) is 8. The van der Waals surface area contributed by atoms with Crippen LogP contribution in [0, 0.1) is 5.92 Å². The van der Waals surface area contributed by atoms with Gasteiger partial charge in [0.25, 0.3) is 0 Å². The molecule has 0 saturated carbocycles. The summed E-state index contributed by atoms with van der Waals surface area (Å²) in [4.78, 5) is 27.0. The smallest absolute Gasteiger partial charge is 0.227 e. The average Bonchev–Trinajstić information content (AvgIpc) is 2.95. The van der Waals surface area contributed by atoms with Crippen molar-refractivity contribution in [3.63, 3.8) is 0 Å². The van der Waals surface area contributed by atoms with Crippen LogP contribution in [0.25, 0.3) is 11.3 Å². The summed E-state index contributed by atoms with van der Waals surface area (Å²) in [5.74, 6) is 1.69. The topological polar surface area (TPSA) is 94.7 Å². The highest BCUT2D eigenvalue weighted by atomic mass is 16.5. The predicted octanol–water partition coefficient (Wildman–Crippen LogP) is 4.88. The number of carbonyl (C=O) groups excluding carboxylic acids is 1. The molecule has 218 valence electrons. The van der Waals surface area contributed by atoms with E-state index in [9.17, 15) is 4.79 Å².